The predicted molar refractivity (Wildman–Crippen MR) is 149 cm³/mol. The second-order valence-electron chi connectivity index (χ2n) is 9.07. The Kier molecular flexibility index (Phi) is 10.8. The molecule has 6 nitrogen and oxygen atoms in total. The van der Waals surface area contributed by atoms with E-state index in [1.807, 2.05) is 35.2 Å². The number of nitrogens with two attached hydrogens (primary N) is 1. The van der Waals surface area contributed by atoms with Crippen LogP contribution < -0.4 is 11.1 Å². The van der Waals surface area contributed by atoms with Gasteiger partial charge in [0.15, 0.2) is 9.84 Å². The van der Waals surface area contributed by atoms with Gasteiger partial charge < -0.3 is 16.0 Å². The summed E-state index contributed by atoms with van der Waals surface area (Å²) in [5.74, 6) is 1.43. The number of carbonyl (C=O) groups excluding carboxylic acids is 1. The Balaban J connectivity index is 0.00000204. The van der Waals surface area contributed by atoms with Crippen LogP contribution in [0.3, 0.4) is 0 Å². The highest BCUT2D eigenvalue weighted by atomic mass is 35.5. The predicted octanol–water partition coefficient (Wildman–Crippen LogP) is 3.76. The number of piperazine rings is 1. The highest BCUT2D eigenvalue weighted by Crippen LogP contribution is 2.32. The van der Waals surface area contributed by atoms with E-state index < -0.39 is 9.84 Å². The lowest BCUT2D eigenvalue weighted by atomic mass is 9.92. The lowest BCUT2D eigenvalue weighted by Crippen LogP contribution is -2.54. The van der Waals surface area contributed by atoms with Crippen LogP contribution in [0.5, 0.6) is 0 Å². The van der Waals surface area contributed by atoms with Crippen molar-refractivity contribution < 1.29 is 13.2 Å². The second-order valence-corrected chi connectivity index (χ2v) is 11.7. The average molecular weight is 549 g/mol. The number of carbonyl (C=O) groups is 1. The number of thiol groups is 1. The Morgan fingerprint density at radius 2 is 1.94 bits per heavy atom. The van der Waals surface area contributed by atoms with Crippen LogP contribution in [0.15, 0.2) is 30.3 Å². The second kappa shape index (κ2) is 12.7. The average Bonchev–Trinajstić information content (AvgIpc) is 3.59. The molecule has 3 N–H and O–H groups in total. The molecule has 0 bridgehead atoms. The molecule has 1 aliphatic carbocycles. The van der Waals surface area contributed by atoms with Gasteiger partial charge in [0.1, 0.15) is 0 Å². The fraction of sp³-hybridized carbons (Fsp3) is 0.542. The van der Waals surface area contributed by atoms with Crippen molar-refractivity contribution in [3.05, 3.63) is 41.5 Å². The Morgan fingerprint density at radius 3 is 2.65 bits per heavy atom. The summed E-state index contributed by atoms with van der Waals surface area (Å²) < 4.78 is 25.0. The van der Waals surface area contributed by atoms with Gasteiger partial charge in [-0.25, -0.2) is 8.42 Å². The van der Waals surface area contributed by atoms with E-state index in [2.05, 4.69) is 17.9 Å². The zero-order valence-electron chi connectivity index (χ0n) is 19.2. The molecule has 2 aromatic rings. The number of sulfone groups is 1. The van der Waals surface area contributed by atoms with E-state index in [9.17, 15) is 13.2 Å². The van der Waals surface area contributed by atoms with Crippen LogP contribution in [0.1, 0.15) is 41.6 Å². The Labute approximate surface area is 220 Å². The van der Waals surface area contributed by atoms with Crippen molar-refractivity contribution in [3.63, 3.8) is 0 Å². The monoisotopic (exact) mass is 547 g/mol. The number of anilines is 1. The fourth-order valence-electron chi connectivity index (χ4n) is 4.65. The molecule has 1 heterocycles. The third-order valence-corrected chi connectivity index (χ3v) is 8.70. The Bertz CT molecular complexity index is 1090. The quantitative estimate of drug-likeness (QED) is 0.328. The number of amides is 1. The molecule has 1 aliphatic heterocycles. The number of hydrogen-bond donors (Lipinski definition) is 3. The van der Waals surface area contributed by atoms with Crippen molar-refractivity contribution in [1.82, 2.24) is 10.2 Å². The molecule has 0 radical (unpaired) electrons. The molecule has 0 unspecified atom stereocenters. The minimum Gasteiger partial charge on any atom is -0.398 e. The molecular formula is C24H35Cl2N3O3S2. The minimum absolute atomic E-state index is 0. The molecule has 190 valence electrons. The Hall–Kier alpha value is -1.19. The van der Waals surface area contributed by atoms with E-state index >= 15 is 0 Å². The largest absolute Gasteiger partial charge is 0.398 e. The van der Waals surface area contributed by atoms with Crippen LogP contribution in [0, 0.1) is 5.92 Å². The third kappa shape index (κ3) is 6.94. The number of nitrogens with zero attached hydrogens (tertiary/aromatic N) is 1. The van der Waals surface area contributed by atoms with E-state index in [0.717, 1.165) is 41.4 Å². The van der Waals surface area contributed by atoms with Gasteiger partial charge in [-0.2, -0.15) is 12.6 Å². The molecule has 34 heavy (non-hydrogen) atoms. The molecule has 4 rings (SSSR count). The summed E-state index contributed by atoms with van der Waals surface area (Å²) >= 11 is 4.34. The summed E-state index contributed by atoms with van der Waals surface area (Å²) in [5, 5.41) is 5.18. The van der Waals surface area contributed by atoms with Crippen LogP contribution in [0.2, 0.25) is 0 Å². The summed E-state index contributed by atoms with van der Waals surface area (Å²) in [4.78, 5) is 15.8. The van der Waals surface area contributed by atoms with Gasteiger partial charge in [0.25, 0.3) is 5.91 Å². The highest BCUT2D eigenvalue weighted by Gasteiger charge is 2.33. The number of fused-ring (bicyclic) bond motifs is 1. The number of benzene rings is 2. The third-order valence-electron chi connectivity index (χ3n) is 6.55. The lowest BCUT2D eigenvalue weighted by Gasteiger charge is -2.37. The summed E-state index contributed by atoms with van der Waals surface area (Å²) in [6.45, 7) is 1.86. The maximum absolute atomic E-state index is 13.9. The molecule has 2 aromatic carbocycles. The molecule has 1 saturated heterocycles. The first kappa shape index (κ1) is 29.0. The molecule has 1 saturated carbocycles. The zero-order chi connectivity index (χ0) is 22.7. The molecule has 0 aromatic heterocycles. The first-order valence-corrected chi connectivity index (χ1v) is 14.0. The van der Waals surface area contributed by atoms with Crippen LogP contribution >= 0.6 is 37.4 Å². The normalized spacial score (nSPS) is 18.3. The van der Waals surface area contributed by atoms with Crippen LogP contribution in [-0.2, 0) is 16.3 Å². The summed E-state index contributed by atoms with van der Waals surface area (Å²) in [6.07, 6.45) is 4.02. The van der Waals surface area contributed by atoms with Gasteiger partial charge >= 0.3 is 0 Å². The molecule has 10 heteroatoms. The first-order valence-electron chi connectivity index (χ1n) is 11.5. The van der Waals surface area contributed by atoms with Crippen molar-refractivity contribution in [3.8, 4) is 0 Å². The van der Waals surface area contributed by atoms with Crippen LogP contribution in [0.4, 0.5) is 5.69 Å². The van der Waals surface area contributed by atoms with Gasteiger partial charge in [-0.15, -0.1) is 24.8 Å². The van der Waals surface area contributed by atoms with E-state index in [0.29, 0.717) is 49.6 Å². The number of hydrogen-bond acceptors (Lipinski definition) is 6. The maximum Gasteiger partial charge on any atom is 0.255 e. The summed E-state index contributed by atoms with van der Waals surface area (Å²) in [5.41, 5.74) is 8.58. The number of rotatable bonds is 9. The minimum atomic E-state index is -3.09. The van der Waals surface area contributed by atoms with Crippen molar-refractivity contribution in [2.24, 2.45) is 5.92 Å². The molecule has 1 amide bonds. The van der Waals surface area contributed by atoms with Gasteiger partial charge in [-0.1, -0.05) is 24.3 Å². The summed E-state index contributed by atoms with van der Waals surface area (Å²) in [7, 11) is -3.09. The molecule has 2 fully saturated rings. The van der Waals surface area contributed by atoms with E-state index in [1.54, 1.807) is 0 Å². The molecule has 0 spiro atoms. The van der Waals surface area contributed by atoms with Crippen LogP contribution in [-0.4, -0.2) is 62.2 Å². The van der Waals surface area contributed by atoms with Gasteiger partial charge in [0, 0.05) is 31.4 Å². The Morgan fingerprint density at radius 1 is 1.21 bits per heavy atom. The lowest BCUT2D eigenvalue weighted by molar-refractivity contribution is 0.0633. The van der Waals surface area contributed by atoms with Gasteiger partial charge in [0.05, 0.1) is 17.1 Å². The fourth-order valence-corrected chi connectivity index (χ4v) is 6.66. The highest BCUT2D eigenvalue weighted by molar-refractivity contribution is 7.91. The molecule has 2 aliphatic rings. The number of halogens is 2. The van der Waals surface area contributed by atoms with E-state index in [4.69, 9.17) is 5.73 Å². The van der Waals surface area contributed by atoms with E-state index in [1.165, 1.54) is 0 Å². The van der Waals surface area contributed by atoms with Gasteiger partial charge in [-0.05, 0) is 66.2 Å². The van der Waals surface area contributed by atoms with Crippen LogP contribution in [0.25, 0.3) is 10.8 Å². The standard InChI is InChI=1S/C24H33N3O3S2.2ClH/c25-22-14-18-4-1-2-5-20(18)23(21(22)6-3-12-31)24(28)27-11-10-26-15-19(27)9-13-32(29,30)16-17-7-8-17;;/h1-2,4-5,14,17,19,26,31H,3,6-13,15-16,25H2;2*1H/t19-;;/m0../s1. The van der Waals surface area contributed by atoms with Crippen molar-refractivity contribution in [2.75, 3.05) is 42.6 Å². The van der Waals surface area contributed by atoms with Crippen molar-refractivity contribution >= 4 is 69.6 Å². The molecular weight excluding hydrogens is 513 g/mol. The van der Waals surface area contributed by atoms with Gasteiger partial charge in [-0.3, -0.25) is 4.79 Å². The smallest absolute Gasteiger partial charge is 0.255 e. The zero-order valence-corrected chi connectivity index (χ0v) is 22.6. The number of nitrogen functional groups attached to an aromatic ring is 1. The number of nitrogens with one attached hydrogen (secondary N) is 1. The van der Waals surface area contributed by atoms with Crippen molar-refractivity contribution in [2.45, 2.75) is 38.1 Å². The van der Waals surface area contributed by atoms with E-state index in [-0.39, 0.29) is 48.3 Å². The first-order chi connectivity index (χ1) is 15.4. The summed E-state index contributed by atoms with van der Waals surface area (Å²) in [6, 6.07) is 9.63. The SMILES string of the molecule is Cl.Cl.Nc1cc2ccccc2c(C(=O)N2CCNC[C@@H]2CCS(=O)(=O)CC2CC2)c1CCCS. The van der Waals surface area contributed by atoms with Crippen molar-refractivity contribution in [1.29, 1.82) is 0 Å². The van der Waals surface area contributed by atoms with Gasteiger partial charge in [0.2, 0.25) is 0 Å². The topological polar surface area (TPSA) is 92.5 Å². The maximum atomic E-state index is 13.9. The molecule has 1 atom stereocenters.